The molecule has 0 N–H and O–H groups in total. The van der Waals surface area contributed by atoms with E-state index in [1.807, 2.05) is 31.6 Å². The van der Waals surface area contributed by atoms with E-state index in [1.165, 1.54) is 10.9 Å². The number of hydrogen-bond donors (Lipinski definition) is 0. The highest BCUT2D eigenvalue weighted by Crippen LogP contribution is 2.17. The number of nitrogens with zero attached hydrogens (tertiary/aromatic N) is 2. The average Bonchev–Trinajstić information content (AvgIpc) is 2.07. The Morgan fingerprint density at radius 1 is 1.08 bits per heavy atom. The summed E-state index contributed by atoms with van der Waals surface area (Å²) in [6, 6.07) is 2.03. The van der Waals surface area contributed by atoms with Crippen molar-refractivity contribution in [2.45, 2.75) is 13.8 Å². The molecule has 0 aliphatic rings. The maximum absolute atomic E-state index is 4.21. The lowest BCUT2D eigenvalue weighted by molar-refractivity contribution is 1.21. The molecule has 2 rings (SSSR count). The summed E-state index contributed by atoms with van der Waals surface area (Å²) in [6.07, 6.45) is 5.58. The van der Waals surface area contributed by atoms with Gasteiger partial charge in [0.05, 0.1) is 0 Å². The molecule has 0 aliphatic carbocycles. The van der Waals surface area contributed by atoms with Gasteiger partial charge in [-0.3, -0.25) is 9.97 Å². The Bertz CT molecular complexity index is 380. The molecule has 2 aromatic rings. The second-order valence-electron chi connectivity index (χ2n) is 2.95. The van der Waals surface area contributed by atoms with Gasteiger partial charge >= 0.3 is 0 Å². The van der Waals surface area contributed by atoms with Crippen LogP contribution in [0.1, 0.15) is 11.3 Å². The molecule has 0 amide bonds. The molecule has 2 nitrogen and oxygen atoms in total. The number of rotatable bonds is 0. The summed E-state index contributed by atoms with van der Waals surface area (Å²) >= 11 is 0. The van der Waals surface area contributed by atoms with Gasteiger partial charge in [0.2, 0.25) is 0 Å². The first-order valence-corrected chi connectivity index (χ1v) is 3.95. The first-order valence-electron chi connectivity index (χ1n) is 3.95. The van der Waals surface area contributed by atoms with Crippen LogP contribution >= 0.6 is 0 Å². The van der Waals surface area contributed by atoms with Crippen molar-refractivity contribution in [1.82, 2.24) is 9.97 Å². The summed E-state index contributed by atoms with van der Waals surface area (Å²) in [5.74, 6) is 0. The fourth-order valence-electron chi connectivity index (χ4n) is 1.38. The molecule has 2 heterocycles. The molecule has 2 heteroatoms. The van der Waals surface area contributed by atoms with Crippen molar-refractivity contribution >= 4 is 10.8 Å². The van der Waals surface area contributed by atoms with Crippen LogP contribution in [0.3, 0.4) is 0 Å². The normalized spacial score (nSPS) is 10.5. The minimum atomic E-state index is 1.05. The maximum atomic E-state index is 4.21. The van der Waals surface area contributed by atoms with Gasteiger partial charge in [-0.15, -0.1) is 0 Å². The summed E-state index contributed by atoms with van der Waals surface area (Å²) in [5, 5.41) is 2.40. The molecule has 0 bridgehead atoms. The van der Waals surface area contributed by atoms with Crippen molar-refractivity contribution in [3.05, 3.63) is 35.9 Å². The van der Waals surface area contributed by atoms with E-state index >= 15 is 0 Å². The van der Waals surface area contributed by atoms with Crippen molar-refractivity contribution in [2.24, 2.45) is 0 Å². The van der Waals surface area contributed by atoms with Crippen molar-refractivity contribution in [1.29, 1.82) is 0 Å². The largest absolute Gasteiger partial charge is 0.264 e. The van der Waals surface area contributed by atoms with Gasteiger partial charge < -0.3 is 0 Å². The van der Waals surface area contributed by atoms with Crippen LogP contribution < -0.4 is 0 Å². The number of pyridine rings is 2. The highest BCUT2D eigenvalue weighted by atomic mass is 14.7. The minimum Gasteiger partial charge on any atom is -0.264 e. The standard InChI is InChI=1S/C10H10N2/c1-7-5-11-6-10-8(2)12-4-3-9(7)10/h3-6H,1-2H3. The number of aryl methyl sites for hydroxylation is 2. The van der Waals surface area contributed by atoms with E-state index < -0.39 is 0 Å². The molecular weight excluding hydrogens is 148 g/mol. The van der Waals surface area contributed by atoms with Gasteiger partial charge in [-0.05, 0) is 30.9 Å². The van der Waals surface area contributed by atoms with E-state index in [-0.39, 0.29) is 0 Å². The predicted octanol–water partition coefficient (Wildman–Crippen LogP) is 2.25. The van der Waals surface area contributed by atoms with Gasteiger partial charge in [0.15, 0.2) is 0 Å². The van der Waals surface area contributed by atoms with Gasteiger partial charge in [0.25, 0.3) is 0 Å². The lowest BCUT2D eigenvalue weighted by Crippen LogP contribution is -1.86. The van der Waals surface area contributed by atoms with Gasteiger partial charge in [0.1, 0.15) is 0 Å². The molecule has 0 fully saturated rings. The first kappa shape index (κ1) is 7.22. The van der Waals surface area contributed by atoms with Crippen LogP contribution in [-0.2, 0) is 0 Å². The summed E-state index contributed by atoms with van der Waals surface area (Å²) < 4.78 is 0. The number of aromatic nitrogens is 2. The molecule has 0 unspecified atom stereocenters. The van der Waals surface area contributed by atoms with Crippen LogP contribution in [-0.4, -0.2) is 9.97 Å². The summed E-state index contributed by atoms with van der Waals surface area (Å²) in [6.45, 7) is 4.07. The molecule has 60 valence electrons. The Balaban J connectivity index is 2.94. The molecule has 0 spiro atoms. The Labute approximate surface area is 71.3 Å². The second-order valence-corrected chi connectivity index (χ2v) is 2.95. The van der Waals surface area contributed by atoms with E-state index in [0.29, 0.717) is 0 Å². The van der Waals surface area contributed by atoms with Crippen LogP contribution in [0.2, 0.25) is 0 Å². The monoisotopic (exact) mass is 158 g/mol. The third-order valence-electron chi connectivity index (χ3n) is 2.09. The zero-order chi connectivity index (χ0) is 8.55. The third-order valence-corrected chi connectivity index (χ3v) is 2.09. The van der Waals surface area contributed by atoms with E-state index in [2.05, 4.69) is 16.9 Å². The number of hydrogen-bond acceptors (Lipinski definition) is 2. The third kappa shape index (κ3) is 0.961. The zero-order valence-corrected chi connectivity index (χ0v) is 7.20. The molecule has 12 heavy (non-hydrogen) atoms. The van der Waals surface area contributed by atoms with Crippen molar-refractivity contribution in [3.63, 3.8) is 0 Å². The Morgan fingerprint density at radius 2 is 1.92 bits per heavy atom. The van der Waals surface area contributed by atoms with E-state index in [0.717, 1.165) is 11.1 Å². The second kappa shape index (κ2) is 2.55. The average molecular weight is 158 g/mol. The molecule has 0 aromatic carbocycles. The van der Waals surface area contributed by atoms with Crippen molar-refractivity contribution in [3.8, 4) is 0 Å². The van der Waals surface area contributed by atoms with Crippen LogP contribution in [0, 0.1) is 13.8 Å². The highest BCUT2D eigenvalue weighted by Gasteiger charge is 1.99. The van der Waals surface area contributed by atoms with Gasteiger partial charge in [-0.1, -0.05) is 0 Å². The van der Waals surface area contributed by atoms with Gasteiger partial charge in [-0.2, -0.15) is 0 Å². The molecule has 0 saturated heterocycles. The lowest BCUT2D eigenvalue weighted by atomic mass is 10.1. The van der Waals surface area contributed by atoms with Crippen molar-refractivity contribution < 1.29 is 0 Å². The van der Waals surface area contributed by atoms with Gasteiger partial charge in [0, 0.05) is 29.7 Å². The fourth-order valence-corrected chi connectivity index (χ4v) is 1.38. The minimum absolute atomic E-state index is 1.05. The first-order chi connectivity index (χ1) is 5.79. The molecule has 0 radical (unpaired) electrons. The SMILES string of the molecule is Cc1cncc2c(C)nccc12. The van der Waals surface area contributed by atoms with E-state index in [1.54, 1.807) is 0 Å². The summed E-state index contributed by atoms with van der Waals surface area (Å²) in [5.41, 5.74) is 2.25. The maximum Gasteiger partial charge on any atom is 0.0466 e. The van der Waals surface area contributed by atoms with Crippen molar-refractivity contribution in [2.75, 3.05) is 0 Å². The van der Waals surface area contributed by atoms with Gasteiger partial charge in [-0.25, -0.2) is 0 Å². The molecular formula is C10H10N2. The molecule has 0 atom stereocenters. The quantitative estimate of drug-likeness (QED) is 0.587. The molecule has 0 saturated carbocycles. The molecule has 0 aliphatic heterocycles. The highest BCUT2D eigenvalue weighted by molar-refractivity contribution is 5.85. The van der Waals surface area contributed by atoms with Crippen LogP contribution in [0.25, 0.3) is 10.8 Å². The fraction of sp³-hybridized carbons (Fsp3) is 0.200. The van der Waals surface area contributed by atoms with Crippen LogP contribution in [0.4, 0.5) is 0 Å². The number of fused-ring (bicyclic) bond motifs is 1. The lowest BCUT2D eigenvalue weighted by Gasteiger charge is -2.01. The van der Waals surface area contributed by atoms with Crippen LogP contribution in [0.15, 0.2) is 24.7 Å². The van der Waals surface area contributed by atoms with Crippen LogP contribution in [0.5, 0.6) is 0 Å². The van der Waals surface area contributed by atoms with E-state index in [9.17, 15) is 0 Å². The topological polar surface area (TPSA) is 25.8 Å². The van der Waals surface area contributed by atoms with E-state index in [4.69, 9.17) is 0 Å². The Morgan fingerprint density at radius 3 is 2.67 bits per heavy atom. The Hall–Kier alpha value is -1.44. The zero-order valence-electron chi connectivity index (χ0n) is 7.20. The molecule has 2 aromatic heterocycles. The predicted molar refractivity (Wildman–Crippen MR) is 49.0 cm³/mol. The Kier molecular flexibility index (Phi) is 1.54. The summed E-state index contributed by atoms with van der Waals surface area (Å²) in [4.78, 5) is 8.34. The smallest absolute Gasteiger partial charge is 0.0466 e. The summed E-state index contributed by atoms with van der Waals surface area (Å²) in [7, 11) is 0.